The van der Waals surface area contributed by atoms with Gasteiger partial charge in [0.05, 0.1) is 19.9 Å². The van der Waals surface area contributed by atoms with Gasteiger partial charge in [-0.15, -0.1) is 0 Å². The maximum absolute atomic E-state index is 12.9. The van der Waals surface area contributed by atoms with Crippen LogP contribution in [0.15, 0.2) is 36.4 Å². The van der Waals surface area contributed by atoms with E-state index in [1.54, 1.807) is 48.2 Å². The third-order valence-corrected chi connectivity index (χ3v) is 6.04. The summed E-state index contributed by atoms with van der Waals surface area (Å²) in [4.78, 5) is 42.0. The number of carbonyl (C=O) groups is 3. The Morgan fingerprint density at radius 2 is 1.71 bits per heavy atom. The molecule has 2 aromatic rings. The smallest absolute Gasteiger partial charge is 0.268 e. The summed E-state index contributed by atoms with van der Waals surface area (Å²) < 4.78 is 16.2. The number of nitrogens with zero attached hydrogens (tertiary/aromatic N) is 2. The fourth-order valence-corrected chi connectivity index (χ4v) is 4.17. The zero-order chi connectivity index (χ0) is 24.2. The van der Waals surface area contributed by atoms with Crippen LogP contribution in [0.1, 0.15) is 36.5 Å². The van der Waals surface area contributed by atoms with Gasteiger partial charge in [0.2, 0.25) is 5.91 Å². The zero-order valence-electron chi connectivity index (χ0n) is 19.6. The number of amides is 3. The van der Waals surface area contributed by atoms with E-state index in [4.69, 9.17) is 14.2 Å². The summed E-state index contributed by atoms with van der Waals surface area (Å²) >= 11 is 0. The summed E-state index contributed by atoms with van der Waals surface area (Å²) in [5.74, 6) is 0.713. The van der Waals surface area contributed by atoms with Crippen molar-refractivity contribution >= 4 is 29.1 Å². The van der Waals surface area contributed by atoms with Gasteiger partial charge in [-0.05, 0) is 56.5 Å². The molecule has 1 atom stereocenters. The summed E-state index contributed by atoms with van der Waals surface area (Å²) in [6.45, 7) is 3.01. The summed E-state index contributed by atoms with van der Waals surface area (Å²) in [6, 6.07) is 9.93. The lowest BCUT2D eigenvalue weighted by Crippen LogP contribution is -2.50. The van der Waals surface area contributed by atoms with E-state index in [1.165, 1.54) is 19.1 Å². The number of ether oxygens (including phenoxy) is 3. The van der Waals surface area contributed by atoms with Crippen LogP contribution in [0, 0.1) is 0 Å². The molecule has 180 valence electrons. The average Bonchev–Trinajstić information content (AvgIpc) is 2.87. The molecule has 1 N–H and O–H groups in total. The number of hydrogen-bond donors (Lipinski definition) is 1. The molecule has 34 heavy (non-hydrogen) atoms. The second kappa shape index (κ2) is 10.0. The number of piperidine rings is 1. The molecular weight excluding hydrogens is 438 g/mol. The van der Waals surface area contributed by atoms with Crippen LogP contribution in [0.2, 0.25) is 0 Å². The standard InChI is InChI=1S/C25H29N3O6/c1-16-25(31)28(15-23(29)27-9-5-4-6-10-27)21-13-18(7-8-22(21)34-16)26-24(30)17-11-19(32-2)14-20(12-17)33-3/h7-8,11-14,16H,4-6,9-10,15H2,1-3H3,(H,26,30). The minimum atomic E-state index is -0.702. The van der Waals surface area contributed by atoms with Crippen LogP contribution in [0.4, 0.5) is 11.4 Å². The SMILES string of the molecule is COc1cc(OC)cc(C(=O)Nc2ccc3c(c2)N(CC(=O)N2CCCCC2)C(=O)C(C)O3)c1. The Bertz CT molecular complexity index is 1070. The van der Waals surface area contributed by atoms with Crippen LogP contribution in [0.3, 0.4) is 0 Å². The van der Waals surface area contributed by atoms with Crippen molar-refractivity contribution in [2.75, 3.05) is 44.1 Å². The van der Waals surface area contributed by atoms with Gasteiger partial charge in [-0.25, -0.2) is 0 Å². The third-order valence-electron chi connectivity index (χ3n) is 6.04. The second-order valence-corrected chi connectivity index (χ2v) is 8.36. The Kier molecular flexibility index (Phi) is 6.90. The first-order valence-electron chi connectivity index (χ1n) is 11.3. The van der Waals surface area contributed by atoms with Crippen LogP contribution < -0.4 is 24.4 Å². The quantitative estimate of drug-likeness (QED) is 0.701. The van der Waals surface area contributed by atoms with Gasteiger partial charge < -0.3 is 24.4 Å². The van der Waals surface area contributed by atoms with Gasteiger partial charge in [0.1, 0.15) is 23.8 Å². The van der Waals surface area contributed by atoms with E-state index in [9.17, 15) is 14.4 Å². The number of nitrogens with one attached hydrogen (secondary N) is 1. The van der Waals surface area contributed by atoms with Crippen molar-refractivity contribution in [2.24, 2.45) is 0 Å². The van der Waals surface area contributed by atoms with Crippen molar-refractivity contribution in [1.82, 2.24) is 4.90 Å². The molecule has 9 nitrogen and oxygen atoms in total. The predicted molar refractivity (Wildman–Crippen MR) is 127 cm³/mol. The molecule has 0 bridgehead atoms. The van der Waals surface area contributed by atoms with E-state index in [0.717, 1.165) is 19.3 Å². The first-order chi connectivity index (χ1) is 16.4. The third kappa shape index (κ3) is 4.93. The molecule has 0 spiro atoms. The van der Waals surface area contributed by atoms with Crippen LogP contribution in [-0.4, -0.2) is 62.6 Å². The molecule has 0 radical (unpaired) electrons. The highest BCUT2D eigenvalue weighted by Crippen LogP contribution is 2.36. The molecule has 2 aromatic carbocycles. The second-order valence-electron chi connectivity index (χ2n) is 8.36. The minimum Gasteiger partial charge on any atom is -0.497 e. The molecule has 1 unspecified atom stereocenters. The highest BCUT2D eigenvalue weighted by Gasteiger charge is 2.34. The molecular formula is C25H29N3O6. The molecule has 1 saturated heterocycles. The molecule has 0 aliphatic carbocycles. The van der Waals surface area contributed by atoms with Crippen LogP contribution >= 0.6 is 0 Å². The number of rotatable bonds is 6. The molecule has 1 fully saturated rings. The molecule has 4 rings (SSSR count). The van der Waals surface area contributed by atoms with Gasteiger partial charge >= 0.3 is 0 Å². The Hall–Kier alpha value is -3.75. The number of likely N-dealkylation sites (tertiary alicyclic amines) is 1. The average molecular weight is 468 g/mol. The van der Waals surface area contributed by atoms with E-state index in [2.05, 4.69) is 5.32 Å². The van der Waals surface area contributed by atoms with Gasteiger partial charge in [-0.2, -0.15) is 0 Å². The number of methoxy groups -OCH3 is 2. The molecule has 2 aliphatic heterocycles. The summed E-state index contributed by atoms with van der Waals surface area (Å²) in [5, 5.41) is 2.84. The van der Waals surface area contributed by atoms with Crippen molar-refractivity contribution in [3.63, 3.8) is 0 Å². The maximum Gasteiger partial charge on any atom is 0.268 e. The fraction of sp³-hybridized carbons (Fsp3) is 0.400. The molecule has 9 heteroatoms. The van der Waals surface area contributed by atoms with Crippen molar-refractivity contribution in [1.29, 1.82) is 0 Å². The van der Waals surface area contributed by atoms with E-state index in [1.807, 2.05) is 0 Å². The highest BCUT2D eigenvalue weighted by atomic mass is 16.5. The van der Waals surface area contributed by atoms with Gasteiger partial charge in [0, 0.05) is 30.4 Å². The van der Waals surface area contributed by atoms with Crippen LogP contribution in [0.25, 0.3) is 0 Å². The summed E-state index contributed by atoms with van der Waals surface area (Å²) in [7, 11) is 3.02. The summed E-state index contributed by atoms with van der Waals surface area (Å²) in [5.41, 5.74) is 1.27. The Morgan fingerprint density at radius 3 is 2.35 bits per heavy atom. The van der Waals surface area contributed by atoms with Crippen molar-refractivity contribution < 1.29 is 28.6 Å². The van der Waals surface area contributed by atoms with Gasteiger partial charge in [-0.3, -0.25) is 19.3 Å². The molecule has 2 heterocycles. The van der Waals surface area contributed by atoms with E-state index in [0.29, 0.717) is 47.3 Å². The lowest BCUT2D eigenvalue weighted by atomic mass is 10.1. The molecule has 0 aromatic heterocycles. The normalized spacial score (nSPS) is 17.5. The maximum atomic E-state index is 12.9. The van der Waals surface area contributed by atoms with Crippen molar-refractivity contribution in [3.8, 4) is 17.2 Å². The van der Waals surface area contributed by atoms with Crippen molar-refractivity contribution in [3.05, 3.63) is 42.0 Å². The number of fused-ring (bicyclic) bond motifs is 1. The van der Waals surface area contributed by atoms with Gasteiger partial charge in [-0.1, -0.05) is 0 Å². The first-order valence-corrected chi connectivity index (χ1v) is 11.3. The lowest BCUT2D eigenvalue weighted by molar-refractivity contribution is -0.133. The van der Waals surface area contributed by atoms with E-state index in [-0.39, 0.29) is 24.3 Å². The molecule has 2 aliphatic rings. The zero-order valence-corrected chi connectivity index (χ0v) is 19.6. The minimum absolute atomic E-state index is 0.0655. The Balaban J connectivity index is 1.57. The van der Waals surface area contributed by atoms with Crippen LogP contribution in [0.5, 0.6) is 17.2 Å². The van der Waals surface area contributed by atoms with E-state index < -0.39 is 6.10 Å². The molecule has 3 amide bonds. The fourth-order valence-electron chi connectivity index (χ4n) is 4.17. The largest absolute Gasteiger partial charge is 0.497 e. The highest BCUT2D eigenvalue weighted by molar-refractivity contribution is 6.07. The summed E-state index contributed by atoms with van der Waals surface area (Å²) in [6.07, 6.45) is 2.36. The lowest BCUT2D eigenvalue weighted by Gasteiger charge is -2.35. The number of benzene rings is 2. The van der Waals surface area contributed by atoms with Gasteiger partial charge in [0.25, 0.3) is 11.8 Å². The predicted octanol–water partition coefficient (Wildman–Crippen LogP) is 3.08. The number of hydrogen-bond acceptors (Lipinski definition) is 6. The number of anilines is 2. The monoisotopic (exact) mass is 467 g/mol. The van der Waals surface area contributed by atoms with Crippen molar-refractivity contribution in [2.45, 2.75) is 32.3 Å². The number of carbonyl (C=O) groups excluding carboxylic acids is 3. The van der Waals surface area contributed by atoms with E-state index >= 15 is 0 Å². The molecule has 0 saturated carbocycles. The Morgan fingerprint density at radius 1 is 1.03 bits per heavy atom. The first kappa shape index (κ1) is 23.4. The van der Waals surface area contributed by atoms with Gasteiger partial charge in [0.15, 0.2) is 6.10 Å². The Labute approximate surface area is 198 Å². The topological polar surface area (TPSA) is 97.4 Å². The van der Waals surface area contributed by atoms with Crippen LogP contribution in [-0.2, 0) is 9.59 Å².